The van der Waals surface area contributed by atoms with Crippen molar-refractivity contribution in [3.63, 3.8) is 0 Å². The molecule has 4 nitrogen and oxygen atoms in total. The number of halogens is 3. The van der Waals surface area contributed by atoms with Crippen molar-refractivity contribution in [2.75, 3.05) is 6.61 Å². The van der Waals surface area contributed by atoms with Gasteiger partial charge in [0.25, 0.3) is 0 Å². The molecule has 21 heavy (non-hydrogen) atoms. The molecular weight excluding hydrogens is 287 g/mol. The van der Waals surface area contributed by atoms with E-state index in [9.17, 15) is 18.0 Å². The van der Waals surface area contributed by atoms with Crippen molar-refractivity contribution in [3.8, 4) is 0 Å². The number of hydroxylamine groups is 1. The number of rotatable bonds is 4. The largest absolute Gasteiger partial charge is 0.416 e. The van der Waals surface area contributed by atoms with Crippen LogP contribution < -0.4 is 5.48 Å². The number of benzene rings is 1. The van der Waals surface area contributed by atoms with E-state index in [0.29, 0.717) is 18.6 Å². The maximum absolute atomic E-state index is 12.4. The summed E-state index contributed by atoms with van der Waals surface area (Å²) in [5.41, 5.74) is 2.00. The van der Waals surface area contributed by atoms with Crippen LogP contribution in [0, 0.1) is 0 Å². The molecule has 2 rings (SSSR count). The molecule has 7 heteroatoms. The number of ether oxygens (including phenoxy) is 1. The number of carbonyl (C=O) groups excluding carboxylic acids is 1. The number of carbonyl (C=O) groups is 1. The van der Waals surface area contributed by atoms with E-state index in [1.54, 1.807) is 0 Å². The molecule has 0 radical (unpaired) electrons. The van der Waals surface area contributed by atoms with Gasteiger partial charge < -0.3 is 4.74 Å². The SMILES string of the molecule is O=C(Cc1ccc(C(F)(F)F)cc1)NO[C@H]1CCCCO1. The van der Waals surface area contributed by atoms with Crippen molar-refractivity contribution >= 4 is 5.91 Å². The zero-order chi connectivity index (χ0) is 15.3. The molecule has 1 atom stereocenters. The van der Waals surface area contributed by atoms with E-state index >= 15 is 0 Å². The van der Waals surface area contributed by atoms with E-state index in [2.05, 4.69) is 5.48 Å². The summed E-state index contributed by atoms with van der Waals surface area (Å²) in [5.74, 6) is -0.427. The lowest BCUT2D eigenvalue weighted by Gasteiger charge is -2.22. The van der Waals surface area contributed by atoms with Crippen LogP contribution in [-0.2, 0) is 27.0 Å². The quantitative estimate of drug-likeness (QED) is 0.870. The third-order valence-electron chi connectivity index (χ3n) is 3.09. The van der Waals surface area contributed by atoms with Crippen molar-refractivity contribution in [3.05, 3.63) is 35.4 Å². The van der Waals surface area contributed by atoms with Crippen molar-refractivity contribution < 1.29 is 27.5 Å². The molecule has 1 amide bonds. The van der Waals surface area contributed by atoms with Crippen molar-refractivity contribution in [1.82, 2.24) is 5.48 Å². The Hall–Kier alpha value is -1.60. The zero-order valence-electron chi connectivity index (χ0n) is 11.3. The van der Waals surface area contributed by atoms with Gasteiger partial charge in [-0.2, -0.15) is 13.2 Å². The first-order valence-electron chi connectivity index (χ1n) is 6.67. The third kappa shape index (κ3) is 5.02. The van der Waals surface area contributed by atoms with Crippen LogP contribution in [0.2, 0.25) is 0 Å². The fraction of sp³-hybridized carbons (Fsp3) is 0.500. The summed E-state index contributed by atoms with van der Waals surface area (Å²) >= 11 is 0. The highest BCUT2D eigenvalue weighted by Crippen LogP contribution is 2.29. The van der Waals surface area contributed by atoms with Crippen LogP contribution in [0.4, 0.5) is 13.2 Å². The lowest BCUT2D eigenvalue weighted by Crippen LogP contribution is -2.33. The molecule has 116 valence electrons. The molecule has 0 aromatic heterocycles. The smallest absolute Gasteiger partial charge is 0.350 e. The van der Waals surface area contributed by atoms with Crippen LogP contribution in [0.15, 0.2) is 24.3 Å². The number of alkyl halides is 3. The van der Waals surface area contributed by atoms with Crippen molar-refractivity contribution in [2.45, 2.75) is 38.1 Å². The maximum Gasteiger partial charge on any atom is 0.416 e. The Bertz CT molecular complexity index is 467. The molecule has 1 N–H and O–H groups in total. The van der Waals surface area contributed by atoms with Gasteiger partial charge in [0.2, 0.25) is 5.91 Å². The third-order valence-corrected chi connectivity index (χ3v) is 3.09. The highest BCUT2D eigenvalue weighted by Gasteiger charge is 2.30. The van der Waals surface area contributed by atoms with Gasteiger partial charge in [-0.1, -0.05) is 12.1 Å². The first-order chi connectivity index (χ1) is 9.95. The molecular formula is C14H16F3NO3. The first-order valence-corrected chi connectivity index (χ1v) is 6.67. The molecule has 1 heterocycles. The van der Waals surface area contributed by atoms with Crippen LogP contribution in [0.1, 0.15) is 30.4 Å². The number of nitrogens with one attached hydrogen (secondary N) is 1. The average Bonchev–Trinajstić information content (AvgIpc) is 2.46. The second kappa shape index (κ2) is 6.91. The summed E-state index contributed by atoms with van der Waals surface area (Å²) in [6.07, 6.45) is -2.22. The lowest BCUT2D eigenvalue weighted by atomic mass is 10.1. The number of hydrogen-bond donors (Lipinski definition) is 1. The molecule has 1 aliphatic heterocycles. The minimum Gasteiger partial charge on any atom is -0.350 e. The minimum atomic E-state index is -4.37. The second-order valence-electron chi connectivity index (χ2n) is 4.81. The first kappa shape index (κ1) is 15.8. The highest BCUT2D eigenvalue weighted by atomic mass is 19.4. The Morgan fingerprint density at radius 3 is 2.57 bits per heavy atom. The van der Waals surface area contributed by atoms with Crippen LogP contribution in [-0.4, -0.2) is 18.8 Å². The van der Waals surface area contributed by atoms with Crippen LogP contribution >= 0.6 is 0 Å². The maximum atomic E-state index is 12.4. The van der Waals surface area contributed by atoms with Gasteiger partial charge >= 0.3 is 6.18 Å². The van der Waals surface area contributed by atoms with Gasteiger partial charge in [0.1, 0.15) is 0 Å². The Balaban J connectivity index is 1.79. The van der Waals surface area contributed by atoms with E-state index in [4.69, 9.17) is 9.57 Å². The topological polar surface area (TPSA) is 47.6 Å². The standard InChI is InChI=1S/C14H16F3NO3/c15-14(16,17)11-6-4-10(5-7-11)9-12(19)18-21-13-3-1-2-8-20-13/h4-7,13H,1-3,8-9H2,(H,18,19)/t13-/m0/s1. The molecule has 1 aromatic carbocycles. The Morgan fingerprint density at radius 2 is 2.00 bits per heavy atom. The summed E-state index contributed by atoms with van der Waals surface area (Å²) in [4.78, 5) is 16.7. The monoisotopic (exact) mass is 303 g/mol. The normalized spacial score (nSPS) is 19.3. The molecule has 1 fully saturated rings. The summed E-state index contributed by atoms with van der Waals surface area (Å²) in [6.45, 7) is 0.597. The van der Waals surface area contributed by atoms with Gasteiger partial charge in [-0.15, -0.1) is 0 Å². The molecule has 0 spiro atoms. The fourth-order valence-electron chi connectivity index (χ4n) is 1.97. The van der Waals surface area contributed by atoms with Crippen LogP contribution in [0.5, 0.6) is 0 Å². The molecule has 1 aliphatic rings. The minimum absolute atomic E-state index is 0.0507. The van der Waals surface area contributed by atoms with E-state index in [1.165, 1.54) is 12.1 Å². The predicted octanol–water partition coefficient (Wildman–Crippen LogP) is 2.82. The van der Waals surface area contributed by atoms with Gasteiger partial charge in [-0.05, 0) is 30.5 Å². The average molecular weight is 303 g/mol. The molecule has 0 saturated carbocycles. The van der Waals surface area contributed by atoms with Gasteiger partial charge in [0, 0.05) is 13.0 Å². The zero-order valence-corrected chi connectivity index (χ0v) is 11.3. The Morgan fingerprint density at radius 1 is 1.29 bits per heavy atom. The van der Waals surface area contributed by atoms with E-state index in [-0.39, 0.29) is 6.42 Å². The van der Waals surface area contributed by atoms with Crippen molar-refractivity contribution in [2.24, 2.45) is 0 Å². The highest BCUT2D eigenvalue weighted by molar-refractivity contribution is 5.77. The Kier molecular flexibility index (Phi) is 5.19. The van der Waals surface area contributed by atoms with Gasteiger partial charge in [-0.25, -0.2) is 10.3 Å². The summed E-state index contributed by atoms with van der Waals surface area (Å²) in [7, 11) is 0. The summed E-state index contributed by atoms with van der Waals surface area (Å²) < 4.78 is 42.5. The molecule has 0 bridgehead atoms. The lowest BCUT2D eigenvalue weighted by molar-refractivity contribution is -0.200. The van der Waals surface area contributed by atoms with Crippen LogP contribution in [0.3, 0.4) is 0 Å². The van der Waals surface area contributed by atoms with E-state index in [0.717, 1.165) is 25.0 Å². The van der Waals surface area contributed by atoms with Crippen molar-refractivity contribution in [1.29, 1.82) is 0 Å². The second-order valence-corrected chi connectivity index (χ2v) is 4.81. The van der Waals surface area contributed by atoms with Gasteiger partial charge in [0.05, 0.1) is 12.0 Å². The molecule has 1 saturated heterocycles. The van der Waals surface area contributed by atoms with Gasteiger partial charge in [-0.3, -0.25) is 4.79 Å². The number of amides is 1. The summed E-state index contributed by atoms with van der Waals surface area (Å²) in [6, 6.07) is 4.46. The molecule has 0 aliphatic carbocycles. The molecule has 1 aromatic rings. The fourth-order valence-corrected chi connectivity index (χ4v) is 1.97. The summed E-state index contributed by atoms with van der Waals surface area (Å²) in [5, 5.41) is 0. The van der Waals surface area contributed by atoms with Crippen LogP contribution in [0.25, 0.3) is 0 Å². The van der Waals surface area contributed by atoms with E-state index in [1.807, 2.05) is 0 Å². The van der Waals surface area contributed by atoms with E-state index < -0.39 is 23.9 Å². The van der Waals surface area contributed by atoms with Gasteiger partial charge in [0.15, 0.2) is 6.29 Å². The predicted molar refractivity (Wildman–Crippen MR) is 68.0 cm³/mol. The Labute approximate surface area is 120 Å². The number of hydrogen-bond acceptors (Lipinski definition) is 3. The molecule has 0 unspecified atom stereocenters.